The molecule has 41 heavy (non-hydrogen) atoms. The minimum absolute atomic E-state index is 0.0782. The molecule has 0 spiro atoms. The molecule has 11 heteroatoms. The van der Waals surface area contributed by atoms with Crippen molar-refractivity contribution in [3.63, 3.8) is 0 Å². The highest BCUT2D eigenvalue weighted by atomic mass is 32.2. The van der Waals surface area contributed by atoms with E-state index in [1.54, 1.807) is 62.8 Å². The zero-order valence-corrected chi connectivity index (χ0v) is 23.8. The molecule has 0 bridgehead atoms. The Kier molecular flexibility index (Phi) is 8.95. The maximum absolute atomic E-state index is 12.8. The van der Waals surface area contributed by atoms with Crippen LogP contribution in [-0.2, 0) is 16.1 Å². The van der Waals surface area contributed by atoms with Crippen molar-refractivity contribution in [3.8, 4) is 11.5 Å². The van der Waals surface area contributed by atoms with E-state index >= 15 is 0 Å². The Labute approximate surface area is 241 Å². The predicted molar refractivity (Wildman–Crippen MR) is 162 cm³/mol. The number of hydrogen-bond donors (Lipinski definition) is 3. The second-order valence-corrected chi connectivity index (χ2v) is 10.8. The van der Waals surface area contributed by atoms with Crippen molar-refractivity contribution in [2.75, 3.05) is 29.2 Å². The van der Waals surface area contributed by atoms with E-state index < -0.39 is 11.3 Å². The average molecular weight is 576 g/mol. The van der Waals surface area contributed by atoms with Gasteiger partial charge in [-0.25, -0.2) is 18.5 Å². The van der Waals surface area contributed by atoms with Crippen LogP contribution in [0.1, 0.15) is 38.5 Å². The summed E-state index contributed by atoms with van der Waals surface area (Å²) >= 11 is -2.53. The minimum Gasteiger partial charge on any atom is -0.497 e. The Hall–Kier alpha value is -4.22. The molecule has 3 aromatic carbocycles. The van der Waals surface area contributed by atoms with E-state index in [0.29, 0.717) is 51.9 Å². The minimum atomic E-state index is -2.53. The van der Waals surface area contributed by atoms with Gasteiger partial charge in [-0.05, 0) is 42.7 Å². The highest BCUT2D eigenvalue weighted by molar-refractivity contribution is 7.81. The number of amides is 1. The normalized spacial score (nSPS) is 14.0. The lowest BCUT2D eigenvalue weighted by molar-refractivity contribution is -0.116. The van der Waals surface area contributed by atoms with Crippen molar-refractivity contribution in [3.05, 3.63) is 66.7 Å². The van der Waals surface area contributed by atoms with E-state index in [-0.39, 0.29) is 17.5 Å². The molecular weight excluding hydrogens is 542 g/mol. The summed E-state index contributed by atoms with van der Waals surface area (Å²) in [6.45, 7) is 0. The van der Waals surface area contributed by atoms with Gasteiger partial charge in [0.05, 0.1) is 30.9 Å². The van der Waals surface area contributed by atoms with Gasteiger partial charge in [-0.3, -0.25) is 9.35 Å². The fourth-order valence-electron chi connectivity index (χ4n) is 5.09. The standard InChI is InChI=1S/C30H33N5O5S/c1-39-24-17-22(18-25(19-24)40-2)32-29-30(34-27-13-6-5-12-26(27)33-29)35(41(37)38)23-11-7-10-21(16-23)31-28(36)15-14-20-8-3-4-9-20/h5-7,10-13,16-20H,3-4,8-9,14-15H2,1-2H3,(H,31,36)(H,32,33)(H,37,38). The average Bonchev–Trinajstić information content (AvgIpc) is 3.50. The molecule has 0 saturated heterocycles. The van der Waals surface area contributed by atoms with Crippen LogP contribution < -0.4 is 24.4 Å². The van der Waals surface area contributed by atoms with Crippen molar-refractivity contribution < 1.29 is 23.0 Å². The number of fused-ring (bicyclic) bond motifs is 1. The van der Waals surface area contributed by atoms with E-state index in [1.165, 1.54) is 25.7 Å². The summed E-state index contributed by atoms with van der Waals surface area (Å²) in [6, 6.07) is 19.3. The van der Waals surface area contributed by atoms with Crippen LogP contribution >= 0.6 is 0 Å². The molecule has 1 aliphatic rings. The molecule has 10 nitrogen and oxygen atoms in total. The third-order valence-electron chi connectivity index (χ3n) is 7.13. The Morgan fingerprint density at radius 3 is 2.29 bits per heavy atom. The zero-order valence-electron chi connectivity index (χ0n) is 23.0. The van der Waals surface area contributed by atoms with Crippen LogP contribution in [-0.4, -0.2) is 38.9 Å². The Balaban J connectivity index is 1.49. The van der Waals surface area contributed by atoms with Crippen molar-refractivity contribution in [2.45, 2.75) is 38.5 Å². The second kappa shape index (κ2) is 13.0. The lowest BCUT2D eigenvalue weighted by atomic mass is 10.0. The molecule has 1 aliphatic carbocycles. The van der Waals surface area contributed by atoms with E-state index in [2.05, 4.69) is 10.6 Å². The number of aromatic nitrogens is 2. The largest absolute Gasteiger partial charge is 0.497 e. The first-order valence-electron chi connectivity index (χ1n) is 13.5. The van der Waals surface area contributed by atoms with Crippen LogP contribution in [0.2, 0.25) is 0 Å². The summed E-state index contributed by atoms with van der Waals surface area (Å²) in [5.74, 6) is 2.01. The molecule has 1 aromatic heterocycles. The molecule has 1 unspecified atom stereocenters. The summed E-state index contributed by atoms with van der Waals surface area (Å²) in [5, 5.41) is 6.15. The topological polar surface area (TPSA) is 126 Å². The van der Waals surface area contributed by atoms with Crippen molar-refractivity contribution in [2.24, 2.45) is 5.92 Å². The Morgan fingerprint density at radius 2 is 1.63 bits per heavy atom. The van der Waals surface area contributed by atoms with Gasteiger partial charge < -0.3 is 20.1 Å². The highest BCUT2D eigenvalue weighted by Gasteiger charge is 2.24. The van der Waals surface area contributed by atoms with Gasteiger partial charge in [0.25, 0.3) is 11.3 Å². The molecule has 214 valence electrons. The number of methoxy groups -OCH3 is 2. The maximum atomic E-state index is 12.8. The van der Waals surface area contributed by atoms with E-state index in [0.717, 1.165) is 10.7 Å². The Bertz CT molecular complexity index is 1540. The van der Waals surface area contributed by atoms with Gasteiger partial charge in [-0.1, -0.05) is 43.9 Å². The number of carbonyl (C=O) groups excluding carboxylic acids is 1. The first kappa shape index (κ1) is 28.3. The van der Waals surface area contributed by atoms with Crippen molar-refractivity contribution in [1.82, 2.24) is 9.97 Å². The predicted octanol–water partition coefficient (Wildman–Crippen LogP) is 6.57. The summed E-state index contributed by atoms with van der Waals surface area (Å²) in [7, 11) is 3.11. The van der Waals surface area contributed by atoms with Gasteiger partial charge in [0.2, 0.25) is 5.91 Å². The summed E-state index contributed by atoms with van der Waals surface area (Å²) in [5.41, 5.74) is 2.60. The third-order valence-corrected chi connectivity index (χ3v) is 7.83. The molecule has 1 amide bonds. The Morgan fingerprint density at radius 1 is 0.951 bits per heavy atom. The summed E-state index contributed by atoms with van der Waals surface area (Å²) in [6.07, 6.45) is 6.16. The number of benzene rings is 3. The molecule has 1 fully saturated rings. The quantitative estimate of drug-likeness (QED) is 0.171. The number of rotatable bonds is 11. The first-order valence-corrected chi connectivity index (χ1v) is 14.6. The van der Waals surface area contributed by atoms with Gasteiger partial charge in [-0.2, -0.15) is 0 Å². The number of anilines is 5. The summed E-state index contributed by atoms with van der Waals surface area (Å²) in [4.78, 5) is 22.1. The third kappa shape index (κ3) is 6.93. The SMILES string of the molecule is COc1cc(Nc2nc3ccccc3nc2N(c2cccc(NC(=O)CCC3CCCC3)c2)S(=O)O)cc(OC)c1. The van der Waals surface area contributed by atoms with Crippen LogP contribution in [0.4, 0.5) is 28.7 Å². The van der Waals surface area contributed by atoms with Crippen LogP contribution in [0, 0.1) is 5.92 Å². The zero-order chi connectivity index (χ0) is 28.8. The smallest absolute Gasteiger partial charge is 0.268 e. The van der Waals surface area contributed by atoms with Crippen LogP contribution in [0.5, 0.6) is 11.5 Å². The van der Waals surface area contributed by atoms with Gasteiger partial charge in [0.1, 0.15) is 11.5 Å². The lowest BCUT2D eigenvalue weighted by Gasteiger charge is -2.23. The highest BCUT2D eigenvalue weighted by Crippen LogP contribution is 2.36. The van der Waals surface area contributed by atoms with Crippen LogP contribution in [0.3, 0.4) is 0 Å². The fourth-order valence-corrected chi connectivity index (χ4v) is 5.66. The summed E-state index contributed by atoms with van der Waals surface area (Å²) < 4.78 is 35.3. The molecular formula is C30H33N5O5S. The molecule has 5 rings (SSSR count). The number of carbonyl (C=O) groups is 1. The number of hydrogen-bond acceptors (Lipinski definition) is 7. The van der Waals surface area contributed by atoms with Gasteiger partial charge in [0, 0.05) is 36.0 Å². The number of nitrogens with zero attached hydrogens (tertiary/aromatic N) is 3. The molecule has 1 saturated carbocycles. The fraction of sp³-hybridized carbons (Fsp3) is 0.300. The van der Waals surface area contributed by atoms with Gasteiger partial charge in [0.15, 0.2) is 11.6 Å². The van der Waals surface area contributed by atoms with Gasteiger partial charge in [-0.15, -0.1) is 0 Å². The monoisotopic (exact) mass is 575 g/mol. The number of para-hydroxylation sites is 2. The lowest BCUT2D eigenvalue weighted by Crippen LogP contribution is -2.22. The van der Waals surface area contributed by atoms with E-state index in [4.69, 9.17) is 19.4 Å². The number of nitrogens with one attached hydrogen (secondary N) is 2. The molecule has 0 radical (unpaired) electrons. The molecule has 4 aromatic rings. The van der Waals surface area contributed by atoms with E-state index in [9.17, 15) is 13.6 Å². The van der Waals surface area contributed by atoms with Crippen LogP contribution in [0.25, 0.3) is 11.0 Å². The second-order valence-electron chi connectivity index (χ2n) is 9.92. The maximum Gasteiger partial charge on any atom is 0.268 e. The first-order chi connectivity index (χ1) is 19.9. The van der Waals surface area contributed by atoms with Gasteiger partial charge >= 0.3 is 0 Å². The molecule has 3 N–H and O–H groups in total. The van der Waals surface area contributed by atoms with Crippen molar-refractivity contribution >= 4 is 56.9 Å². The number of ether oxygens (including phenoxy) is 2. The molecule has 0 aliphatic heterocycles. The molecule has 1 atom stereocenters. The molecule has 1 heterocycles. The van der Waals surface area contributed by atoms with Crippen LogP contribution in [0.15, 0.2) is 66.7 Å². The van der Waals surface area contributed by atoms with E-state index in [1.807, 2.05) is 18.2 Å². The van der Waals surface area contributed by atoms with Crippen molar-refractivity contribution in [1.29, 1.82) is 0 Å².